The van der Waals surface area contributed by atoms with E-state index in [0.29, 0.717) is 11.4 Å². The Morgan fingerprint density at radius 1 is 1.10 bits per heavy atom. The second-order valence-corrected chi connectivity index (χ2v) is 5.72. The molecule has 0 bridgehead atoms. The fourth-order valence-corrected chi connectivity index (χ4v) is 2.52. The largest absolute Gasteiger partial charge is 0.354 e. The molecular formula is C16H18N2O2S. The number of carbonyl (C=O) groups excluding carboxylic acids is 2. The van der Waals surface area contributed by atoms with E-state index < -0.39 is 0 Å². The van der Waals surface area contributed by atoms with Gasteiger partial charge in [-0.25, -0.2) is 0 Å². The Balaban J connectivity index is 1.71. The summed E-state index contributed by atoms with van der Waals surface area (Å²) in [6.07, 6.45) is 0. The number of nitrogens with one attached hydrogen (secondary N) is 2. The van der Waals surface area contributed by atoms with Crippen LogP contribution in [0.15, 0.2) is 47.8 Å². The lowest BCUT2D eigenvalue weighted by Crippen LogP contribution is -2.38. The maximum Gasteiger partial charge on any atom is 0.261 e. The van der Waals surface area contributed by atoms with Crippen molar-refractivity contribution in [2.45, 2.75) is 12.8 Å². The maximum absolute atomic E-state index is 11.7. The van der Waals surface area contributed by atoms with Crippen LogP contribution in [0.5, 0.6) is 0 Å². The average Bonchev–Trinajstić information content (AvgIpc) is 3.05. The van der Waals surface area contributed by atoms with E-state index in [1.165, 1.54) is 16.9 Å². The first kappa shape index (κ1) is 15.3. The van der Waals surface area contributed by atoms with Crippen molar-refractivity contribution < 1.29 is 9.59 Å². The van der Waals surface area contributed by atoms with Crippen molar-refractivity contribution >= 4 is 23.2 Å². The molecule has 0 spiro atoms. The van der Waals surface area contributed by atoms with Crippen molar-refractivity contribution in [2.75, 3.05) is 13.1 Å². The van der Waals surface area contributed by atoms with Crippen LogP contribution >= 0.6 is 11.3 Å². The lowest BCUT2D eigenvalue weighted by Gasteiger charge is -2.13. The molecule has 0 saturated carbocycles. The van der Waals surface area contributed by atoms with Gasteiger partial charge < -0.3 is 10.6 Å². The molecule has 0 radical (unpaired) electrons. The van der Waals surface area contributed by atoms with Crippen molar-refractivity contribution in [1.82, 2.24) is 10.6 Å². The first-order valence-electron chi connectivity index (χ1n) is 6.80. The van der Waals surface area contributed by atoms with Crippen LogP contribution in [0.2, 0.25) is 0 Å². The molecule has 2 amide bonds. The fraction of sp³-hybridized carbons (Fsp3) is 0.250. The third kappa shape index (κ3) is 4.72. The zero-order chi connectivity index (χ0) is 15.1. The molecule has 2 rings (SSSR count). The minimum Gasteiger partial charge on any atom is -0.354 e. The molecule has 1 aromatic carbocycles. The van der Waals surface area contributed by atoms with E-state index in [-0.39, 0.29) is 24.3 Å². The molecule has 1 atom stereocenters. The van der Waals surface area contributed by atoms with Gasteiger partial charge in [0.1, 0.15) is 0 Å². The molecule has 0 aliphatic carbocycles. The maximum atomic E-state index is 11.7. The molecule has 4 nitrogen and oxygen atoms in total. The first-order chi connectivity index (χ1) is 10.2. The number of carbonyl (C=O) groups is 2. The first-order valence-corrected chi connectivity index (χ1v) is 7.68. The van der Waals surface area contributed by atoms with Gasteiger partial charge in [0.2, 0.25) is 5.91 Å². The van der Waals surface area contributed by atoms with Crippen LogP contribution in [0.3, 0.4) is 0 Å². The lowest BCUT2D eigenvalue weighted by molar-refractivity contribution is -0.120. The number of amides is 2. The van der Waals surface area contributed by atoms with E-state index >= 15 is 0 Å². The second-order valence-electron chi connectivity index (χ2n) is 4.78. The van der Waals surface area contributed by atoms with Gasteiger partial charge in [-0.2, -0.15) is 0 Å². The summed E-state index contributed by atoms with van der Waals surface area (Å²) in [5, 5.41) is 7.27. The molecule has 0 aliphatic rings. The predicted octanol–water partition coefficient (Wildman–Crippen LogP) is 2.40. The molecule has 0 fully saturated rings. The van der Waals surface area contributed by atoms with Gasteiger partial charge in [0.15, 0.2) is 0 Å². The predicted molar refractivity (Wildman–Crippen MR) is 84.5 cm³/mol. The van der Waals surface area contributed by atoms with Crippen molar-refractivity contribution in [2.24, 2.45) is 0 Å². The van der Waals surface area contributed by atoms with Crippen molar-refractivity contribution in [3.8, 4) is 0 Å². The molecule has 1 unspecified atom stereocenters. The summed E-state index contributed by atoms with van der Waals surface area (Å²) >= 11 is 1.35. The molecule has 2 aromatic rings. The fourth-order valence-electron chi connectivity index (χ4n) is 1.88. The Morgan fingerprint density at radius 3 is 2.52 bits per heavy atom. The van der Waals surface area contributed by atoms with Crippen molar-refractivity contribution in [3.05, 3.63) is 58.3 Å². The monoisotopic (exact) mass is 302 g/mol. The summed E-state index contributed by atoms with van der Waals surface area (Å²) in [5.41, 5.74) is 1.18. The van der Waals surface area contributed by atoms with Crippen LogP contribution in [0.1, 0.15) is 28.1 Å². The zero-order valence-corrected chi connectivity index (χ0v) is 12.7. The number of rotatable bonds is 6. The highest BCUT2D eigenvalue weighted by molar-refractivity contribution is 7.12. The molecular weight excluding hydrogens is 284 g/mol. The number of thiophene rings is 1. The normalized spacial score (nSPS) is 11.7. The van der Waals surface area contributed by atoms with Crippen LogP contribution < -0.4 is 10.6 Å². The van der Waals surface area contributed by atoms with E-state index in [1.807, 2.05) is 35.7 Å². The molecule has 1 heterocycles. The molecule has 5 heteroatoms. The van der Waals surface area contributed by atoms with Crippen LogP contribution in [0.4, 0.5) is 0 Å². The average molecular weight is 302 g/mol. The molecule has 0 aliphatic heterocycles. The van der Waals surface area contributed by atoms with Gasteiger partial charge in [-0.1, -0.05) is 43.3 Å². The summed E-state index contributed by atoms with van der Waals surface area (Å²) in [7, 11) is 0. The topological polar surface area (TPSA) is 58.2 Å². The third-order valence-corrected chi connectivity index (χ3v) is 4.00. The molecule has 1 aromatic heterocycles. The standard InChI is InChI=1S/C16H18N2O2S/c1-12(13-6-3-2-4-7-13)10-17-15(19)11-18-16(20)14-8-5-9-21-14/h2-9,12H,10-11H2,1H3,(H,17,19)(H,18,20). The van der Waals surface area contributed by atoms with E-state index in [1.54, 1.807) is 12.1 Å². The summed E-state index contributed by atoms with van der Waals surface area (Å²) in [6.45, 7) is 2.61. The van der Waals surface area contributed by atoms with E-state index in [9.17, 15) is 9.59 Å². The third-order valence-electron chi connectivity index (χ3n) is 3.13. The lowest BCUT2D eigenvalue weighted by atomic mass is 10.0. The molecule has 21 heavy (non-hydrogen) atoms. The minimum absolute atomic E-state index is 0.00174. The second kappa shape index (κ2) is 7.59. The van der Waals surface area contributed by atoms with Gasteiger partial charge in [-0.15, -0.1) is 11.3 Å². The van der Waals surface area contributed by atoms with Gasteiger partial charge in [-0.05, 0) is 22.9 Å². The highest BCUT2D eigenvalue weighted by Gasteiger charge is 2.10. The van der Waals surface area contributed by atoms with Crippen molar-refractivity contribution in [1.29, 1.82) is 0 Å². The SMILES string of the molecule is CC(CNC(=O)CNC(=O)c1cccs1)c1ccccc1. The van der Waals surface area contributed by atoms with Gasteiger partial charge >= 0.3 is 0 Å². The Kier molecular flexibility index (Phi) is 5.51. The molecule has 2 N–H and O–H groups in total. The van der Waals surface area contributed by atoms with Gasteiger partial charge in [-0.3, -0.25) is 9.59 Å². The number of benzene rings is 1. The number of hydrogen-bond acceptors (Lipinski definition) is 3. The zero-order valence-electron chi connectivity index (χ0n) is 11.8. The Hall–Kier alpha value is -2.14. The van der Waals surface area contributed by atoms with Gasteiger partial charge in [0.25, 0.3) is 5.91 Å². The van der Waals surface area contributed by atoms with E-state index in [0.717, 1.165) is 0 Å². The van der Waals surface area contributed by atoms with E-state index in [2.05, 4.69) is 17.6 Å². The Morgan fingerprint density at radius 2 is 1.86 bits per heavy atom. The van der Waals surface area contributed by atoms with Crippen LogP contribution in [-0.2, 0) is 4.79 Å². The highest BCUT2D eigenvalue weighted by Crippen LogP contribution is 2.12. The summed E-state index contributed by atoms with van der Waals surface area (Å²) < 4.78 is 0. The quantitative estimate of drug-likeness (QED) is 0.861. The van der Waals surface area contributed by atoms with Crippen molar-refractivity contribution in [3.63, 3.8) is 0 Å². The van der Waals surface area contributed by atoms with Crippen LogP contribution in [0.25, 0.3) is 0 Å². The Labute approximate surface area is 128 Å². The smallest absolute Gasteiger partial charge is 0.261 e. The van der Waals surface area contributed by atoms with Gasteiger partial charge in [0, 0.05) is 6.54 Å². The summed E-state index contributed by atoms with van der Waals surface area (Å²) in [4.78, 5) is 24.0. The molecule has 0 saturated heterocycles. The summed E-state index contributed by atoms with van der Waals surface area (Å²) in [5.74, 6) is -0.151. The minimum atomic E-state index is -0.212. The number of hydrogen-bond donors (Lipinski definition) is 2. The Bertz CT molecular complexity index is 582. The highest BCUT2D eigenvalue weighted by atomic mass is 32.1. The molecule has 110 valence electrons. The van der Waals surface area contributed by atoms with Gasteiger partial charge in [0.05, 0.1) is 11.4 Å². The van der Waals surface area contributed by atoms with Crippen LogP contribution in [0, 0.1) is 0 Å². The van der Waals surface area contributed by atoms with Crippen LogP contribution in [-0.4, -0.2) is 24.9 Å². The van der Waals surface area contributed by atoms with E-state index in [4.69, 9.17) is 0 Å². The summed E-state index contributed by atoms with van der Waals surface area (Å²) in [6, 6.07) is 13.5.